The van der Waals surface area contributed by atoms with Crippen LogP contribution in [0.5, 0.6) is 5.88 Å². The van der Waals surface area contributed by atoms with Gasteiger partial charge in [-0.25, -0.2) is 18.1 Å². The molecule has 2 aliphatic heterocycles. The van der Waals surface area contributed by atoms with Crippen LogP contribution in [0.2, 0.25) is 0 Å². The molecular formula is C43H55N5O4S. The normalized spacial score (nSPS) is 20.8. The summed E-state index contributed by atoms with van der Waals surface area (Å²) < 4.78 is 43.3. The van der Waals surface area contributed by atoms with Crippen molar-refractivity contribution in [3.63, 3.8) is 0 Å². The number of nitrogens with zero attached hydrogens (tertiary/aromatic N) is 4. The number of hydrogen-bond acceptors (Lipinski definition) is 8. The summed E-state index contributed by atoms with van der Waals surface area (Å²) >= 11 is 0. The van der Waals surface area contributed by atoms with E-state index in [4.69, 9.17) is 24.4 Å². The molecule has 7 rings (SSSR count). The number of pyridine rings is 1. The summed E-state index contributed by atoms with van der Waals surface area (Å²) in [6.45, 7) is 14.4. The maximum atomic E-state index is 14.1. The molecule has 1 saturated heterocycles. The molecule has 10 heteroatoms. The second kappa shape index (κ2) is 15.8. The Balaban J connectivity index is 1.29. The van der Waals surface area contributed by atoms with Gasteiger partial charge in [-0.2, -0.15) is 4.98 Å². The molecule has 3 aliphatic rings. The first-order chi connectivity index (χ1) is 25.4. The van der Waals surface area contributed by atoms with Crippen molar-refractivity contribution in [2.45, 2.75) is 96.8 Å². The van der Waals surface area contributed by atoms with E-state index < -0.39 is 10.0 Å². The lowest BCUT2D eigenvalue weighted by molar-refractivity contribution is 0.122. The van der Waals surface area contributed by atoms with Crippen LogP contribution in [0.15, 0.2) is 65.7 Å². The smallest absolute Gasteiger partial charge is 0.264 e. The average molecular weight is 738 g/mol. The van der Waals surface area contributed by atoms with E-state index in [1.54, 1.807) is 6.07 Å². The molecule has 4 heterocycles. The Morgan fingerprint density at radius 1 is 0.925 bits per heavy atom. The van der Waals surface area contributed by atoms with Crippen molar-refractivity contribution in [3.8, 4) is 17.1 Å². The maximum absolute atomic E-state index is 14.1. The molecule has 0 amide bonds. The average Bonchev–Trinajstić information content (AvgIpc) is 3.14. The fourth-order valence-electron chi connectivity index (χ4n) is 8.57. The first-order valence-electron chi connectivity index (χ1n) is 19.4. The maximum Gasteiger partial charge on any atom is 0.264 e. The highest BCUT2D eigenvalue weighted by Gasteiger charge is 2.32. The van der Waals surface area contributed by atoms with Crippen molar-refractivity contribution in [2.24, 2.45) is 17.3 Å². The Kier molecular flexibility index (Phi) is 11.1. The number of nitrogens with one attached hydrogen (secondary N) is 1. The van der Waals surface area contributed by atoms with Crippen molar-refractivity contribution in [2.75, 3.05) is 42.5 Å². The number of morpholine rings is 1. The van der Waals surface area contributed by atoms with Gasteiger partial charge < -0.3 is 14.4 Å². The van der Waals surface area contributed by atoms with Gasteiger partial charge in [0, 0.05) is 35.8 Å². The van der Waals surface area contributed by atoms with Crippen LogP contribution in [0.4, 0.5) is 11.6 Å². The Morgan fingerprint density at radius 3 is 2.43 bits per heavy atom. The molecule has 2 aromatic carbocycles. The highest BCUT2D eigenvalue weighted by Crippen LogP contribution is 2.41. The number of ether oxygens (including phenoxy) is 2. The summed E-state index contributed by atoms with van der Waals surface area (Å²) in [6.07, 6.45) is 10.7. The molecule has 2 atom stereocenters. The van der Waals surface area contributed by atoms with Gasteiger partial charge >= 0.3 is 0 Å². The van der Waals surface area contributed by atoms with Gasteiger partial charge in [-0.05, 0) is 91.3 Å². The largest absolute Gasteiger partial charge is 0.477 e. The minimum atomic E-state index is -4.03. The lowest BCUT2D eigenvalue weighted by Crippen LogP contribution is -2.36. The van der Waals surface area contributed by atoms with Gasteiger partial charge in [0.05, 0.1) is 42.3 Å². The van der Waals surface area contributed by atoms with Gasteiger partial charge in [-0.3, -0.25) is 4.98 Å². The van der Waals surface area contributed by atoms with Gasteiger partial charge in [0.2, 0.25) is 11.8 Å². The number of aromatic nitrogens is 3. The standard InChI is InChI=1S/C43H55N5O4S/c1-29-11-9-15-33(23-31-12-7-6-8-13-31)39(29)40-30(2)41-46-42(45-40)47-53(49,50)37-16-10-14-32(24-37)38(34(28-52-41)26-43(3,4)5)25-35-17-18-36(27-44-35)48-19-21-51-22-20-48/h9-11,14-18,24,27,31,34,38H,6-8,12-13,19-23,25-26,28H2,1-5H3,(H,45,46,47)/t34-,38?/m1/s1. The summed E-state index contributed by atoms with van der Waals surface area (Å²) in [5.41, 5.74) is 7.89. The van der Waals surface area contributed by atoms with Crippen LogP contribution in [0, 0.1) is 31.1 Å². The van der Waals surface area contributed by atoms with Gasteiger partial charge in [0.1, 0.15) is 0 Å². The molecule has 0 radical (unpaired) electrons. The molecule has 1 unspecified atom stereocenters. The first-order valence-corrected chi connectivity index (χ1v) is 20.9. The van der Waals surface area contributed by atoms with Gasteiger partial charge in [0.25, 0.3) is 10.0 Å². The van der Waals surface area contributed by atoms with E-state index in [0.717, 1.165) is 65.3 Å². The monoisotopic (exact) mass is 737 g/mol. The number of benzene rings is 2. The number of aryl methyl sites for hydroxylation is 1. The van der Waals surface area contributed by atoms with E-state index in [9.17, 15) is 8.42 Å². The molecule has 4 bridgehead atoms. The van der Waals surface area contributed by atoms with Crippen molar-refractivity contribution < 1.29 is 17.9 Å². The Morgan fingerprint density at radius 2 is 1.70 bits per heavy atom. The molecule has 0 spiro atoms. The summed E-state index contributed by atoms with van der Waals surface area (Å²) in [6, 6.07) is 18.0. The zero-order valence-electron chi connectivity index (χ0n) is 32.0. The number of fused-ring (bicyclic) bond motifs is 4. The third-order valence-corrected chi connectivity index (χ3v) is 12.6. The van der Waals surface area contributed by atoms with Crippen LogP contribution in [0.3, 0.4) is 0 Å². The van der Waals surface area contributed by atoms with Crippen molar-refractivity contribution in [1.29, 1.82) is 0 Å². The van der Waals surface area contributed by atoms with Crippen molar-refractivity contribution in [1.82, 2.24) is 15.0 Å². The Bertz CT molecular complexity index is 2000. The van der Waals surface area contributed by atoms with Crippen LogP contribution in [0.1, 0.15) is 93.2 Å². The van der Waals surface area contributed by atoms with Crippen molar-refractivity contribution in [3.05, 3.63) is 88.7 Å². The van der Waals surface area contributed by atoms with Crippen LogP contribution < -0.4 is 14.4 Å². The Hall–Kier alpha value is -4.02. The first kappa shape index (κ1) is 37.3. The highest BCUT2D eigenvalue weighted by molar-refractivity contribution is 7.92. The lowest BCUT2D eigenvalue weighted by atomic mass is 9.74. The zero-order valence-corrected chi connectivity index (χ0v) is 32.8. The topological polar surface area (TPSA) is 107 Å². The van der Waals surface area contributed by atoms with Crippen LogP contribution in [-0.4, -0.2) is 56.3 Å². The molecule has 53 heavy (non-hydrogen) atoms. The van der Waals surface area contributed by atoms with Crippen molar-refractivity contribution >= 4 is 21.7 Å². The minimum Gasteiger partial charge on any atom is -0.477 e. The second-order valence-corrected chi connectivity index (χ2v) is 18.3. The summed E-state index contributed by atoms with van der Waals surface area (Å²) in [7, 11) is -4.03. The van der Waals surface area contributed by atoms with E-state index in [2.05, 4.69) is 67.6 Å². The van der Waals surface area contributed by atoms with E-state index in [1.807, 2.05) is 31.3 Å². The zero-order chi connectivity index (χ0) is 37.2. The fourth-order valence-corrected chi connectivity index (χ4v) is 9.57. The van der Waals surface area contributed by atoms with E-state index in [1.165, 1.54) is 37.7 Å². The van der Waals surface area contributed by atoms with E-state index in [0.29, 0.717) is 38.0 Å². The minimum absolute atomic E-state index is 0.0194. The molecule has 1 aliphatic carbocycles. The number of rotatable bonds is 7. The van der Waals surface area contributed by atoms with Gasteiger partial charge in [0.15, 0.2) is 0 Å². The molecule has 9 nitrogen and oxygen atoms in total. The highest BCUT2D eigenvalue weighted by atomic mass is 32.2. The summed E-state index contributed by atoms with van der Waals surface area (Å²) in [4.78, 5) is 17.1. The fraction of sp³-hybridized carbons (Fsp3) is 0.512. The van der Waals surface area contributed by atoms with E-state index in [-0.39, 0.29) is 28.1 Å². The Labute approximate surface area is 316 Å². The lowest BCUT2D eigenvalue weighted by Gasteiger charge is -2.33. The quantitative estimate of drug-likeness (QED) is 0.201. The third-order valence-electron chi connectivity index (χ3n) is 11.2. The molecule has 282 valence electrons. The molecular weight excluding hydrogens is 683 g/mol. The SMILES string of the molecule is Cc1cccc(CC2CCCCC2)c1-c1nc2nc(c1C)OC[C@@H](CC(C)(C)C)C(Cc1ccc(N3CCOCC3)cn1)c1cccc(c1)S(=O)(=O)N2. The molecule has 4 aromatic rings. The van der Waals surface area contributed by atoms with Gasteiger partial charge in [-0.15, -0.1) is 0 Å². The molecule has 1 N–H and O–H groups in total. The molecule has 2 aromatic heterocycles. The molecule has 1 saturated carbocycles. The molecule has 2 fully saturated rings. The second-order valence-electron chi connectivity index (χ2n) is 16.6. The third kappa shape index (κ3) is 8.86. The van der Waals surface area contributed by atoms with E-state index >= 15 is 0 Å². The van der Waals surface area contributed by atoms with Crippen LogP contribution >= 0.6 is 0 Å². The predicted octanol–water partition coefficient (Wildman–Crippen LogP) is 8.69. The summed E-state index contributed by atoms with van der Waals surface area (Å²) in [5, 5.41) is 0. The van der Waals surface area contributed by atoms with Crippen LogP contribution in [-0.2, 0) is 27.6 Å². The number of hydrogen-bond donors (Lipinski definition) is 1. The van der Waals surface area contributed by atoms with Crippen LogP contribution in [0.25, 0.3) is 11.3 Å². The predicted molar refractivity (Wildman–Crippen MR) is 211 cm³/mol. The van der Waals surface area contributed by atoms with Gasteiger partial charge in [-0.1, -0.05) is 83.2 Å². The number of anilines is 2. The number of sulfonamides is 1. The summed E-state index contributed by atoms with van der Waals surface area (Å²) in [5.74, 6) is 1.03.